The van der Waals surface area contributed by atoms with Crippen molar-refractivity contribution in [2.75, 3.05) is 0 Å². The fraction of sp³-hybridized carbons (Fsp3) is 0.417. The summed E-state index contributed by atoms with van der Waals surface area (Å²) in [5, 5.41) is 2.05. The zero-order valence-electron chi connectivity index (χ0n) is 8.56. The van der Waals surface area contributed by atoms with Gasteiger partial charge in [-0.1, -0.05) is 18.2 Å². The minimum atomic E-state index is 0.0694. The van der Waals surface area contributed by atoms with Crippen molar-refractivity contribution in [3.8, 4) is 0 Å². The van der Waals surface area contributed by atoms with E-state index in [1.807, 2.05) is 23.6 Å². The molecule has 2 unspecified atom stereocenters. The molecule has 0 bridgehead atoms. The van der Waals surface area contributed by atoms with Crippen molar-refractivity contribution in [3.05, 3.63) is 34.5 Å². The quantitative estimate of drug-likeness (QED) is 0.792. The van der Waals surface area contributed by atoms with Crippen molar-refractivity contribution in [2.24, 2.45) is 11.7 Å². The largest absolute Gasteiger partial charge is 0.324 e. The summed E-state index contributed by atoms with van der Waals surface area (Å²) >= 11 is 1.71. The Morgan fingerprint density at radius 1 is 1.53 bits per heavy atom. The minimum absolute atomic E-state index is 0.0694. The van der Waals surface area contributed by atoms with E-state index in [0.29, 0.717) is 12.2 Å². The fourth-order valence-electron chi connectivity index (χ4n) is 1.85. The van der Waals surface area contributed by atoms with E-state index in [1.165, 1.54) is 4.88 Å². The first-order valence-electron chi connectivity index (χ1n) is 5.24. The van der Waals surface area contributed by atoms with Crippen LogP contribution in [0.25, 0.3) is 0 Å². The molecule has 1 heterocycles. The van der Waals surface area contributed by atoms with Gasteiger partial charge < -0.3 is 5.73 Å². The molecule has 0 spiro atoms. The minimum Gasteiger partial charge on any atom is -0.324 e. The number of ketones is 1. The van der Waals surface area contributed by atoms with Crippen LogP contribution in [0.1, 0.15) is 17.7 Å². The molecule has 0 aliphatic heterocycles. The average Bonchev–Trinajstić information content (AvgIpc) is 2.84. The van der Waals surface area contributed by atoms with Gasteiger partial charge in [0.1, 0.15) is 5.78 Å². The lowest BCUT2D eigenvalue weighted by Crippen LogP contribution is -2.19. The summed E-state index contributed by atoms with van der Waals surface area (Å²) in [6.07, 6.45) is 6.21. The number of allylic oxidation sites excluding steroid dienone is 1. The van der Waals surface area contributed by atoms with Crippen molar-refractivity contribution >= 4 is 17.1 Å². The standard InChI is InChI=1S/C12H15NOS/c13-10-4-3-9(8-10)12(14)6-5-11-2-1-7-15-11/h1-4,7,9-10H,5-6,8,13H2. The summed E-state index contributed by atoms with van der Waals surface area (Å²) < 4.78 is 0. The molecule has 1 aromatic heterocycles. The topological polar surface area (TPSA) is 43.1 Å². The Hall–Kier alpha value is -0.930. The lowest BCUT2D eigenvalue weighted by Gasteiger charge is -2.07. The lowest BCUT2D eigenvalue weighted by molar-refractivity contribution is -0.121. The second-order valence-electron chi connectivity index (χ2n) is 3.94. The highest BCUT2D eigenvalue weighted by Crippen LogP contribution is 2.20. The normalized spacial score (nSPS) is 24.6. The molecule has 1 aromatic rings. The van der Waals surface area contributed by atoms with Gasteiger partial charge in [0.25, 0.3) is 0 Å². The Kier molecular flexibility index (Phi) is 3.34. The van der Waals surface area contributed by atoms with Gasteiger partial charge in [0.05, 0.1) is 0 Å². The van der Waals surface area contributed by atoms with Gasteiger partial charge in [0.2, 0.25) is 0 Å². The Bertz CT molecular complexity index is 356. The number of nitrogens with two attached hydrogens (primary N) is 1. The van der Waals surface area contributed by atoms with Crippen LogP contribution >= 0.6 is 11.3 Å². The number of thiophene rings is 1. The summed E-state index contributed by atoms with van der Waals surface area (Å²) in [5.41, 5.74) is 5.72. The first-order valence-corrected chi connectivity index (χ1v) is 6.12. The van der Waals surface area contributed by atoms with Crippen LogP contribution in [0, 0.1) is 5.92 Å². The van der Waals surface area contributed by atoms with Crippen LogP contribution in [0.5, 0.6) is 0 Å². The van der Waals surface area contributed by atoms with Crippen LogP contribution < -0.4 is 5.73 Å². The second kappa shape index (κ2) is 4.73. The van der Waals surface area contributed by atoms with Crippen LogP contribution in [0.15, 0.2) is 29.7 Å². The molecule has 2 rings (SSSR count). The fourth-order valence-corrected chi connectivity index (χ4v) is 2.56. The molecule has 3 heteroatoms. The van der Waals surface area contributed by atoms with E-state index in [9.17, 15) is 4.79 Å². The number of hydrogen-bond acceptors (Lipinski definition) is 3. The molecular weight excluding hydrogens is 206 g/mol. The van der Waals surface area contributed by atoms with E-state index in [2.05, 4.69) is 6.07 Å². The van der Waals surface area contributed by atoms with Gasteiger partial charge in [-0.05, 0) is 24.3 Å². The lowest BCUT2D eigenvalue weighted by atomic mass is 9.99. The Labute approximate surface area is 93.8 Å². The summed E-state index contributed by atoms with van der Waals surface area (Å²) in [6.45, 7) is 0. The smallest absolute Gasteiger partial charge is 0.140 e. The van der Waals surface area contributed by atoms with Crippen molar-refractivity contribution in [2.45, 2.75) is 25.3 Å². The maximum Gasteiger partial charge on any atom is 0.140 e. The van der Waals surface area contributed by atoms with Crippen LogP contribution in [0.3, 0.4) is 0 Å². The van der Waals surface area contributed by atoms with Gasteiger partial charge in [-0.15, -0.1) is 11.3 Å². The molecule has 0 radical (unpaired) electrons. The van der Waals surface area contributed by atoms with Gasteiger partial charge in [-0.3, -0.25) is 4.79 Å². The Morgan fingerprint density at radius 3 is 3.00 bits per heavy atom. The average molecular weight is 221 g/mol. The number of carbonyl (C=O) groups excluding carboxylic acids is 1. The molecule has 0 fully saturated rings. The first kappa shape index (κ1) is 10.6. The highest BCUT2D eigenvalue weighted by molar-refractivity contribution is 7.09. The first-order chi connectivity index (χ1) is 7.25. The zero-order valence-corrected chi connectivity index (χ0v) is 9.37. The molecule has 80 valence electrons. The molecular formula is C12H15NOS. The van der Waals surface area contributed by atoms with E-state index in [0.717, 1.165) is 12.8 Å². The zero-order chi connectivity index (χ0) is 10.7. The highest BCUT2D eigenvalue weighted by Gasteiger charge is 2.21. The van der Waals surface area contributed by atoms with E-state index in [1.54, 1.807) is 11.3 Å². The van der Waals surface area contributed by atoms with E-state index in [4.69, 9.17) is 5.73 Å². The van der Waals surface area contributed by atoms with Crippen molar-refractivity contribution in [3.63, 3.8) is 0 Å². The van der Waals surface area contributed by atoms with Crippen LogP contribution in [0.4, 0.5) is 0 Å². The number of aryl methyl sites for hydroxylation is 1. The molecule has 15 heavy (non-hydrogen) atoms. The molecule has 0 amide bonds. The third-order valence-electron chi connectivity index (χ3n) is 2.73. The highest BCUT2D eigenvalue weighted by atomic mass is 32.1. The predicted octanol–water partition coefficient (Wildman–Crippen LogP) is 2.15. The van der Waals surface area contributed by atoms with Gasteiger partial charge in [-0.2, -0.15) is 0 Å². The van der Waals surface area contributed by atoms with Crippen molar-refractivity contribution < 1.29 is 4.79 Å². The maximum atomic E-state index is 11.8. The van der Waals surface area contributed by atoms with E-state index in [-0.39, 0.29) is 12.0 Å². The molecule has 0 saturated carbocycles. The van der Waals surface area contributed by atoms with Gasteiger partial charge >= 0.3 is 0 Å². The van der Waals surface area contributed by atoms with Crippen LogP contribution in [-0.2, 0) is 11.2 Å². The number of Topliss-reactive ketones (excluding diaryl/α,β-unsaturated/α-hetero) is 1. The van der Waals surface area contributed by atoms with Gasteiger partial charge in [0.15, 0.2) is 0 Å². The molecule has 2 atom stereocenters. The predicted molar refractivity (Wildman–Crippen MR) is 62.9 cm³/mol. The molecule has 0 aromatic carbocycles. The van der Waals surface area contributed by atoms with Gasteiger partial charge in [0, 0.05) is 23.3 Å². The summed E-state index contributed by atoms with van der Waals surface area (Å²) in [5.74, 6) is 0.396. The summed E-state index contributed by atoms with van der Waals surface area (Å²) in [4.78, 5) is 13.1. The second-order valence-corrected chi connectivity index (χ2v) is 4.97. The molecule has 1 aliphatic carbocycles. The SMILES string of the molecule is NC1C=CC(C(=O)CCc2cccs2)C1. The molecule has 0 saturated heterocycles. The maximum absolute atomic E-state index is 11.8. The molecule has 1 aliphatic rings. The summed E-state index contributed by atoms with van der Waals surface area (Å²) in [6, 6.07) is 4.19. The monoisotopic (exact) mass is 221 g/mol. The van der Waals surface area contributed by atoms with Gasteiger partial charge in [-0.25, -0.2) is 0 Å². The van der Waals surface area contributed by atoms with Crippen molar-refractivity contribution in [1.82, 2.24) is 0 Å². The van der Waals surface area contributed by atoms with Crippen molar-refractivity contribution in [1.29, 1.82) is 0 Å². The number of rotatable bonds is 4. The molecule has 2 nitrogen and oxygen atoms in total. The number of hydrogen-bond donors (Lipinski definition) is 1. The summed E-state index contributed by atoms with van der Waals surface area (Å²) in [7, 11) is 0. The Balaban J connectivity index is 1.81. The third-order valence-corrected chi connectivity index (χ3v) is 3.66. The van der Waals surface area contributed by atoms with E-state index >= 15 is 0 Å². The number of carbonyl (C=O) groups is 1. The third kappa shape index (κ3) is 2.76. The van der Waals surface area contributed by atoms with Crippen LogP contribution in [-0.4, -0.2) is 11.8 Å². The molecule has 2 N–H and O–H groups in total. The Morgan fingerprint density at radius 2 is 2.40 bits per heavy atom. The van der Waals surface area contributed by atoms with E-state index < -0.39 is 0 Å². The van der Waals surface area contributed by atoms with Crippen LogP contribution in [0.2, 0.25) is 0 Å².